The molecule has 0 aliphatic heterocycles. The zero-order chi connectivity index (χ0) is 21.1. The van der Waals surface area contributed by atoms with Gasteiger partial charge in [0.15, 0.2) is 5.78 Å². The van der Waals surface area contributed by atoms with E-state index >= 15 is 0 Å². The van der Waals surface area contributed by atoms with E-state index in [1.54, 1.807) is 43.3 Å². The minimum Gasteiger partial charge on any atom is -0.496 e. The van der Waals surface area contributed by atoms with Crippen LogP contribution < -0.4 is 10.1 Å². The van der Waals surface area contributed by atoms with E-state index in [9.17, 15) is 14.4 Å². The van der Waals surface area contributed by atoms with Crippen molar-refractivity contribution in [1.29, 1.82) is 0 Å². The molecular weight excluding hydrogens is 396 g/mol. The lowest BCUT2D eigenvalue weighted by atomic mass is 9.95. The number of hydrogen-bond donors (Lipinski definition) is 3. The largest absolute Gasteiger partial charge is 0.496 e. The van der Waals surface area contributed by atoms with E-state index in [1.165, 1.54) is 7.11 Å². The van der Waals surface area contributed by atoms with Gasteiger partial charge in [-0.15, -0.1) is 0 Å². The van der Waals surface area contributed by atoms with Gasteiger partial charge in [0.25, 0.3) is 0 Å². The molecule has 1 heterocycles. The number of aromatic nitrogens is 1. The second-order valence-corrected chi connectivity index (χ2v) is 6.91. The summed E-state index contributed by atoms with van der Waals surface area (Å²) >= 11 is 5.93. The fourth-order valence-electron chi connectivity index (χ4n) is 3.23. The van der Waals surface area contributed by atoms with Crippen LogP contribution in [0, 0.1) is 6.92 Å². The Hall–Kier alpha value is -3.32. The van der Waals surface area contributed by atoms with Crippen LogP contribution in [0.5, 0.6) is 5.75 Å². The van der Waals surface area contributed by atoms with Crippen molar-refractivity contribution < 1.29 is 24.2 Å². The molecule has 1 aromatic heterocycles. The van der Waals surface area contributed by atoms with Crippen LogP contribution in [0.4, 0.5) is 0 Å². The van der Waals surface area contributed by atoms with E-state index in [2.05, 4.69) is 10.3 Å². The normalized spacial score (nSPS) is 10.7. The summed E-state index contributed by atoms with van der Waals surface area (Å²) in [5.74, 6) is -1.47. The van der Waals surface area contributed by atoms with E-state index in [-0.39, 0.29) is 12.2 Å². The zero-order valence-electron chi connectivity index (χ0n) is 15.8. The number of H-pyrrole nitrogens is 1. The fraction of sp³-hybridized carbons (Fsp3) is 0.190. The highest BCUT2D eigenvalue weighted by molar-refractivity contribution is 6.30. The molecule has 0 saturated heterocycles. The van der Waals surface area contributed by atoms with Crippen molar-refractivity contribution in [3.8, 4) is 5.75 Å². The quantitative estimate of drug-likeness (QED) is 0.515. The first kappa shape index (κ1) is 20.4. The monoisotopic (exact) mass is 414 g/mol. The lowest BCUT2D eigenvalue weighted by Crippen LogP contribution is -2.30. The first-order valence-corrected chi connectivity index (χ1v) is 9.16. The Bertz CT molecular complexity index is 1100. The average molecular weight is 415 g/mol. The van der Waals surface area contributed by atoms with Crippen LogP contribution in [-0.4, -0.2) is 41.4 Å². The molecule has 8 heteroatoms. The number of carboxylic acid groups (broad SMARTS) is 1. The highest BCUT2D eigenvalue weighted by Gasteiger charge is 2.24. The Morgan fingerprint density at radius 2 is 1.83 bits per heavy atom. The van der Waals surface area contributed by atoms with E-state index in [1.807, 2.05) is 0 Å². The molecule has 0 radical (unpaired) electrons. The number of aryl methyl sites for hydroxylation is 1. The van der Waals surface area contributed by atoms with Crippen LogP contribution in [0.2, 0.25) is 5.02 Å². The molecule has 0 unspecified atom stereocenters. The number of ketones is 1. The van der Waals surface area contributed by atoms with E-state index in [0.717, 1.165) is 0 Å². The molecular formula is C21H19ClN2O5. The highest BCUT2D eigenvalue weighted by Crippen LogP contribution is 2.34. The van der Waals surface area contributed by atoms with Gasteiger partial charge < -0.3 is 20.1 Å². The minimum absolute atomic E-state index is 0.0762. The molecule has 0 aliphatic rings. The van der Waals surface area contributed by atoms with Crippen LogP contribution in [-0.2, 0) is 16.0 Å². The van der Waals surface area contributed by atoms with Crippen molar-refractivity contribution in [3.05, 3.63) is 63.8 Å². The number of benzene rings is 2. The molecule has 3 N–H and O–H groups in total. The summed E-state index contributed by atoms with van der Waals surface area (Å²) in [7, 11) is 1.47. The van der Waals surface area contributed by atoms with Gasteiger partial charge in [0, 0.05) is 27.2 Å². The maximum absolute atomic E-state index is 13.3. The first-order chi connectivity index (χ1) is 13.8. The van der Waals surface area contributed by atoms with Gasteiger partial charge in [0.05, 0.1) is 19.1 Å². The summed E-state index contributed by atoms with van der Waals surface area (Å²) in [6.07, 6.45) is -0.0762. The van der Waals surface area contributed by atoms with E-state index < -0.39 is 18.4 Å². The van der Waals surface area contributed by atoms with Gasteiger partial charge >= 0.3 is 5.97 Å². The highest BCUT2D eigenvalue weighted by atomic mass is 35.5. The number of nitrogens with one attached hydrogen (secondary N) is 2. The second kappa shape index (κ2) is 8.36. The van der Waals surface area contributed by atoms with E-state index in [4.69, 9.17) is 21.4 Å². The van der Waals surface area contributed by atoms with E-state index in [0.29, 0.717) is 44.1 Å². The molecule has 7 nitrogen and oxygen atoms in total. The summed E-state index contributed by atoms with van der Waals surface area (Å²) in [4.78, 5) is 39.4. The lowest BCUT2D eigenvalue weighted by Gasteiger charge is -2.11. The number of carbonyl (C=O) groups is 3. The van der Waals surface area contributed by atoms with Gasteiger partial charge in [0.2, 0.25) is 5.91 Å². The molecule has 0 saturated carbocycles. The van der Waals surface area contributed by atoms with Crippen LogP contribution in [0.15, 0.2) is 36.4 Å². The summed E-state index contributed by atoms with van der Waals surface area (Å²) in [5.41, 5.74) is 2.77. The van der Waals surface area contributed by atoms with Crippen molar-refractivity contribution in [3.63, 3.8) is 0 Å². The number of carbonyl (C=O) groups excluding carboxylic acids is 2. The van der Waals surface area contributed by atoms with Crippen molar-refractivity contribution >= 4 is 40.2 Å². The Kier molecular flexibility index (Phi) is 5.89. The van der Waals surface area contributed by atoms with Crippen molar-refractivity contribution in [2.75, 3.05) is 13.7 Å². The number of rotatable bonds is 7. The number of fused-ring (bicyclic) bond motifs is 1. The number of carboxylic acids is 1. The third kappa shape index (κ3) is 4.25. The van der Waals surface area contributed by atoms with Gasteiger partial charge in [-0.1, -0.05) is 11.6 Å². The van der Waals surface area contributed by atoms with Crippen LogP contribution in [0.1, 0.15) is 27.2 Å². The number of halogens is 1. The molecule has 0 spiro atoms. The van der Waals surface area contributed by atoms with Crippen LogP contribution in [0.25, 0.3) is 10.9 Å². The SMILES string of the molecule is COc1ccc2[nH]c(C)c(CC(=O)NCC(=O)O)c2c1C(=O)c1ccc(Cl)cc1. The predicted molar refractivity (Wildman–Crippen MR) is 109 cm³/mol. The van der Waals surface area contributed by atoms with Gasteiger partial charge in [-0.05, 0) is 48.9 Å². The Labute approximate surface area is 171 Å². The molecule has 1 amide bonds. The molecule has 0 fully saturated rings. The molecule has 0 atom stereocenters. The van der Waals surface area contributed by atoms with Gasteiger partial charge in [-0.25, -0.2) is 0 Å². The van der Waals surface area contributed by atoms with Crippen LogP contribution in [0.3, 0.4) is 0 Å². The smallest absolute Gasteiger partial charge is 0.322 e. The number of aliphatic carboxylic acids is 1. The lowest BCUT2D eigenvalue weighted by molar-refractivity contribution is -0.137. The Morgan fingerprint density at radius 3 is 2.45 bits per heavy atom. The standard InChI is InChI=1S/C21H19ClN2O5/c1-11-14(9-17(25)23-10-18(26)27)19-15(24-11)7-8-16(29-2)20(19)21(28)12-3-5-13(22)6-4-12/h3-8,24H,9-10H2,1-2H3,(H,23,25)(H,26,27). The number of amides is 1. The predicted octanol–water partition coefficient (Wildman–Crippen LogP) is 3.11. The van der Waals surface area contributed by atoms with Crippen molar-refractivity contribution in [1.82, 2.24) is 10.3 Å². The number of hydrogen-bond acceptors (Lipinski definition) is 4. The molecule has 150 valence electrons. The summed E-state index contributed by atoms with van der Waals surface area (Å²) in [6.45, 7) is 1.32. The third-order valence-corrected chi connectivity index (χ3v) is 4.82. The van der Waals surface area contributed by atoms with Gasteiger partial charge in [-0.2, -0.15) is 0 Å². The van der Waals surface area contributed by atoms with Gasteiger partial charge in [-0.3, -0.25) is 14.4 Å². The molecule has 0 aliphatic carbocycles. The van der Waals surface area contributed by atoms with Crippen LogP contribution >= 0.6 is 11.6 Å². The molecule has 29 heavy (non-hydrogen) atoms. The second-order valence-electron chi connectivity index (χ2n) is 6.48. The van der Waals surface area contributed by atoms with Gasteiger partial charge in [0.1, 0.15) is 12.3 Å². The molecule has 0 bridgehead atoms. The minimum atomic E-state index is -1.13. The van der Waals surface area contributed by atoms with Crippen molar-refractivity contribution in [2.45, 2.75) is 13.3 Å². The molecule has 3 aromatic rings. The molecule has 2 aromatic carbocycles. The molecule has 3 rings (SSSR count). The maximum atomic E-state index is 13.3. The Balaban J connectivity index is 2.12. The average Bonchev–Trinajstić information content (AvgIpc) is 3.01. The fourth-order valence-corrected chi connectivity index (χ4v) is 3.35. The summed E-state index contributed by atoms with van der Waals surface area (Å²) in [5, 5.41) is 12.2. The summed E-state index contributed by atoms with van der Waals surface area (Å²) in [6, 6.07) is 9.98. The topological polar surface area (TPSA) is 108 Å². The maximum Gasteiger partial charge on any atom is 0.322 e. The van der Waals surface area contributed by atoms with Crippen molar-refractivity contribution in [2.24, 2.45) is 0 Å². The zero-order valence-corrected chi connectivity index (χ0v) is 16.6. The number of aromatic amines is 1. The Morgan fingerprint density at radius 1 is 1.14 bits per heavy atom. The third-order valence-electron chi connectivity index (χ3n) is 4.57. The number of methoxy groups -OCH3 is 1. The summed E-state index contributed by atoms with van der Waals surface area (Å²) < 4.78 is 5.43. The number of ether oxygens (including phenoxy) is 1. The first-order valence-electron chi connectivity index (χ1n) is 8.78.